The van der Waals surface area contributed by atoms with Crippen LogP contribution in [-0.4, -0.2) is 45.1 Å². The fourth-order valence-corrected chi connectivity index (χ4v) is 2.63. The molecule has 0 spiro atoms. The normalized spacial score (nSPS) is 18.5. The van der Waals surface area contributed by atoms with Gasteiger partial charge in [0.2, 0.25) is 0 Å². The van der Waals surface area contributed by atoms with E-state index >= 15 is 0 Å². The molecule has 0 bridgehead atoms. The van der Waals surface area contributed by atoms with Crippen LogP contribution in [0.15, 0.2) is 12.3 Å². The van der Waals surface area contributed by atoms with E-state index in [1.807, 2.05) is 6.92 Å². The quantitative estimate of drug-likeness (QED) is 0.650. The van der Waals surface area contributed by atoms with Crippen LogP contribution in [0.4, 0.5) is 5.69 Å². The van der Waals surface area contributed by atoms with Gasteiger partial charge in [-0.3, -0.25) is 14.9 Å². The predicted molar refractivity (Wildman–Crippen MR) is 72.5 cm³/mol. The van der Waals surface area contributed by atoms with Crippen molar-refractivity contribution in [3.05, 3.63) is 28.1 Å². The van der Waals surface area contributed by atoms with Crippen molar-refractivity contribution in [2.24, 2.45) is 5.92 Å². The van der Waals surface area contributed by atoms with E-state index < -0.39 is 4.92 Å². The monoisotopic (exact) mass is 281 g/mol. The summed E-state index contributed by atoms with van der Waals surface area (Å²) in [6.07, 6.45) is 2.97. The molecule has 1 fully saturated rings. The van der Waals surface area contributed by atoms with E-state index in [0.29, 0.717) is 37.7 Å². The van der Waals surface area contributed by atoms with Gasteiger partial charge in [0.05, 0.1) is 11.1 Å². The lowest BCUT2D eigenvalue weighted by atomic mass is 10.1. The average Bonchev–Trinajstić information content (AvgIpc) is 3.04. The molecule has 7 heteroatoms. The van der Waals surface area contributed by atoms with Gasteiger partial charge in [-0.1, -0.05) is 0 Å². The third-order valence-corrected chi connectivity index (χ3v) is 3.76. The van der Waals surface area contributed by atoms with Gasteiger partial charge in [-0.2, -0.15) is 0 Å². The smallest absolute Gasteiger partial charge is 0.287 e. The predicted octanol–water partition coefficient (Wildman–Crippen LogP) is 1.26. The molecule has 7 nitrogen and oxygen atoms in total. The topological polar surface area (TPSA) is 88.6 Å². The molecule has 2 heterocycles. The highest BCUT2D eigenvalue weighted by atomic mass is 16.6. The van der Waals surface area contributed by atoms with Gasteiger partial charge in [0.25, 0.3) is 11.6 Å². The van der Waals surface area contributed by atoms with E-state index in [-0.39, 0.29) is 18.2 Å². The largest absolute Gasteiger partial charge is 0.396 e. The van der Waals surface area contributed by atoms with Gasteiger partial charge in [-0.05, 0) is 25.7 Å². The van der Waals surface area contributed by atoms with Crippen LogP contribution in [0.2, 0.25) is 0 Å². The van der Waals surface area contributed by atoms with Crippen molar-refractivity contribution in [2.75, 3.05) is 19.7 Å². The van der Waals surface area contributed by atoms with Gasteiger partial charge in [-0.15, -0.1) is 0 Å². The molecule has 1 aliphatic rings. The lowest BCUT2D eigenvalue weighted by Crippen LogP contribution is -2.30. The van der Waals surface area contributed by atoms with Crippen molar-refractivity contribution < 1.29 is 14.8 Å². The molecule has 1 N–H and O–H groups in total. The van der Waals surface area contributed by atoms with Crippen molar-refractivity contribution in [1.82, 2.24) is 9.47 Å². The number of carbonyl (C=O) groups is 1. The molecular formula is C13H19N3O4. The van der Waals surface area contributed by atoms with Gasteiger partial charge < -0.3 is 14.6 Å². The molecule has 1 atom stereocenters. The molecule has 20 heavy (non-hydrogen) atoms. The Morgan fingerprint density at radius 2 is 2.35 bits per heavy atom. The Balaban J connectivity index is 2.15. The molecule has 1 aliphatic heterocycles. The number of aryl methyl sites for hydroxylation is 1. The summed E-state index contributed by atoms with van der Waals surface area (Å²) in [5.41, 5.74) is 0.310. The standard InChI is InChI=1S/C13H19N3O4/c1-2-14-9-11(16(19)20)7-12(14)13(18)15-5-3-10(8-15)4-6-17/h7,9-10,17H,2-6,8H2,1H3. The number of hydrogen-bond donors (Lipinski definition) is 1. The van der Waals surface area contributed by atoms with Crippen LogP contribution in [0, 0.1) is 16.0 Å². The second kappa shape index (κ2) is 6.04. The number of hydrogen-bond acceptors (Lipinski definition) is 4. The van der Waals surface area contributed by atoms with E-state index in [1.165, 1.54) is 12.3 Å². The summed E-state index contributed by atoms with van der Waals surface area (Å²) in [6, 6.07) is 1.34. The first-order valence-electron chi connectivity index (χ1n) is 6.81. The van der Waals surface area contributed by atoms with Crippen molar-refractivity contribution in [3.63, 3.8) is 0 Å². The Labute approximate surface area is 116 Å². The maximum absolute atomic E-state index is 12.4. The summed E-state index contributed by atoms with van der Waals surface area (Å²) >= 11 is 0. The SMILES string of the molecule is CCn1cc([N+](=O)[O-])cc1C(=O)N1CCC(CCO)C1. The van der Waals surface area contributed by atoms with Crippen molar-refractivity contribution >= 4 is 11.6 Å². The number of aliphatic hydroxyl groups excluding tert-OH is 1. The van der Waals surface area contributed by atoms with Gasteiger partial charge in [0.1, 0.15) is 5.69 Å². The zero-order valence-corrected chi connectivity index (χ0v) is 11.5. The van der Waals surface area contributed by atoms with Crippen LogP contribution >= 0.6 is 0 Å². The second-order valence-electron chi connectivity index (χ2n) is 5.04. The number of amides is 1. The Bertz CT molecular complexity index is 512. The molecule has 0 aliphatic carbocycles. The zero-order valence-electron chi connectivity index (χ0n) is 11.5. The first-order valence-corrected chi connectivity index (χ1v) is 6.81. The summed E-state index contributed by atoms with van der Waals surface area (Å²) < 4.78 is 1.61. The van der Waals surface area contributed by atoms with Crippen LogP contribution in [0.1, 0.15) is 30.3 Å². The van der Waals surface area contributed by atoms with E-state index in [4.69, 9.17) is 5.11 Å². The zero-order chi connectivity index (χ0) is 14.7. The number of carbonyl (C=O) groups excluding carboxylic acids is 1. The number of rotatable bonds is 5. The minimum atomic E-state index is -0.485. The molecular weight excluding hydrogens is 262 g/mol. The number of likely N-dealkylation sites (tertiary alicyclic amines) is 1. The molecule has 1 aromatic heterocycles. The second-order valence-corrected chi connectivity index (χ2v) is 5.04. The number of aliphatic hydroxyl groups is 1. The first-order chi connectivity index (χ1) is 9.56. The molecule has 1 saturated heterocycles. The molecule has 1 unspecified atom stereocenters. The van der Waals surface area contributed by atoms with Crippen molar-refractivity contribution in [2.45, 2.75) is 26.3 Å². The van der Waals surface area contributed by atoms with E-state index in [2.05, 4.69) is 0 Å². The highest BCUT2D eigenvalue weighted by molar-refractivity contribution is 5.93. The van der Waals surface area contributed by atoms with E-state index in [1.54, 1.807) is 9.47 Å². The van der Waals surface area contributed by atoms with Crippen LogP contribution in [0.3, 0.4) is 0 Å². The molecule has 110 valence electrons. The molecule has 1 amide bonds. The summed E-state index contributed by atoms with van der Waals surface area (Å²) in [7, 11) is 0. The highest BCUT2D eigenvalue weighted by Crippen LogP contribution is 2.23. The Hall–Kier alpha value is -1.89. The van der Waals surface area contributed by atoms with Crippen molar-refractivity contribution in [1.29, 1.82) is 0 Å². The highest BCUT2D eigenvalue weighted by Gasteiger charge is 2.29. The fraction of sp³-hybridized carbons (Fsp3) is 0.615. The van der Waals surface area contributed by atoms with Crippen molar-refractivity contribution in [3.8, 4) is 0 Å². The van der Waals surface area contributed by atoms with Gasteiger partial charge in [0, 0.05) is 32.3 Å². The van der Waals surface area contributed by atoms with Gasteiger partial charge >= 0.3 is 0 Å². The van der Waals surface area contributed by atoms with Crippen LogP contribution < -0.4 is 0 Å². The lowest BCUT2D eigenvalue weighted by Gasteiger charge is -2.17. The first kappa shape index (κ1) is 14.5. The average molecular weight is 281 g/mol. The molecule has 2 rings (SSSR count). The lowest BCUT2D eigenvalue weighted by molar-refractivity contribution is -0.384. The van der Waals surface area contributed by atoms with Crippen LogP contribution in [0.25, 0.3) is 0 Å². The summed E-state index contributed by atoms with van der Waals surface area (Å²) in [5, 5.41) is 19.7. The van der Waals surface area contributed by atoms with Gasteiger partial charge in [0.15, 0.2) is 0 Å². The number of nitro groups is 1. The number of nitrogens with zero attached hydrogens (tertiary/aromatic N) is 3. The summed E-state index contributed by atoms with van der Waals surface area (Å²) in [4.78, 5) is 24.5. The Morgan fingerprint density at radius 3 is 2.95 bits per heavy atom. The van der Waals surface area contributed by atoms with E-state index in [9.17, 15) is 14.9 Å². The summed E-state index contributed by atoms with van der Waals surface area (Å²) in [5.74, 6) is 0.157. The van der Waals surface area contributed by atoms with Crippen LogP contribution in [0.5, 0.6) is 0 Å². The number of aromatic nitrogens is 1. The van der Waals surface area contributed by atoms with Crippen LogP contribution in [-0.2, 0) is 6.54 Å². The molecule has 0 saturated carbocycles. The summed E-state index contributed by atoms with van der Waals surface area (Å²) in [6.45, 7) is 3.75. The molecule has 1 aromatic rings. The maximum Gasteiger partial charge on any atom is 0.287 e. The molecule has 0 aromatic carbocycles. The Morgan fingerprint density at radius 1 is 1.60 bits per heavy atom. The Kier molecular flexibility index (Phi) is 4.39. The maximum atomic E-state index is 12.4. The third kappa shape index (κ3) is 2.82. The fourth-order valence-electron chi connectivity index (χ4n) is 2.63. The van der Waals surface area contributed by atoms with E-state index in [0.717, 1.165) is 6.42 Å². The minimum absolute atomic E-state index is 0.0543. The minimum Gasteiger partial charge on any atom is -0.396 e. The molecule has 0 radical (unpaired) electrons. The third-order valence-electron chi connectivity index (χ3n) is 3.76. The van der Waals surface area contributed by atoms with Gasteiger partial charge in [-0.25, -0.2) is 0 Å².